The van der Waals surface area contributed by atoms with Crippen LogP contribution in [0.5, 0.6) is 0 Å². The Balaban J connectivity index is 2.31. The number of aromatic nitrogens is 1. The molecule has 0 radical (unpaired) electrons. The van der Waals surface area contributed by atoms with Crippen LogP contribution in [0.1, 0.15) is 39.3 Å². The molecule has 1 aromatic rings. The first-order valence-corrected chi connectivity index (χ1v) is 6.10. The molecule has 0 saturated heterocycles. The van der Waals surface area contributed by atoms with E-state index in [1.54, 1.807) is 12.3 Å². The Morgan fingerprint density at radius 3 is 2.24 bits per heavy atom. The first-order valence-electron chi connectivity index (χ1n) is 6.10. The largest absolute Gasteiger partial charge is 0.313 e. The van der Waals surface area contributed by atoms with E-state index in [4.69, 9.17) is 0 Å². The van der Waals surface area contributed by atoms with E-state index in [-0.39, 0.29) is 22.7 Å². The maximum Gasteiger partial charge on any atom is 0.141 e. The van der Waals surface area contributed by atoms with Gasteiger partial charge in [-0.1, -0.05) is 27.7 Å². The highest BCUT2D eigenvalue weighted by Gasteiger charge is 2.67. The molecular weight excluding hydrogens is 215 g/mol. The SMILES string of the molecule is CNC(c1cncc(F)c1)C1C(C)(C)C1(C)C. The van der Waals surface area contributed by atoms with Gasteiger partial charge in [-0.25, -0.2) is 4.39 Å². The summed E-state index contributed by atoms with van der Waals surface area (Å²) >= 11 is 0. The van der Waals surface area contributed by atoms with E-state index in [0.29, 0.717) is 5.92 Å². The van der Waals surface area contributed by atoms with Gasteiger partial charge in [0.2, 0.25) is 0 Å². The molecule has 1 aliphatic carbocycles. The van der Waals surface area contributed by atoms with E-state index in [9.17, 15) is 4.39 Å². The van der Waals surface area contributed by atoms with Crippen LogP contribution in [-0.2, 0) is 0 Å². The molecule has 1 atom stereocenters. The number of nitrogens with one attached hydrogen (secondary N) is 1. The molecule has 2 nitrogen and oxygen atoms in total. The molecule has 2 rings (SSSR count). The van der Waals surface area contributed by atoms with Gasteiger partial charge in [-0.2, -0.15) is 0 Å². The van der Waals surface area contributed by atoms with Crippen LogP contribution in [0.2, 0.25) is 0 Å². The molecule has 0 spiro atoms. The second-order valence-corrected chi connectivity index (χ2v) is 6.12. The molecular formula is C14H21FN2. The highest BCUT2D eigenvalue weighted by molar-refractivity contribution is 5.25. The molecule has 0 aliphatic heterocycles. The molecule has 0 aromatic carbocycles. The third-order valence-corrected chi connectivity index (χ3v) is 4.86. The van der Waals surface area contributed by atoms with Crippen molar-refractivity contribution in [1.29, 1.82) is 0 Å². The normalized spacial score (nSPS) is 23.4. The van der Waals surface area contributed by atoms with Crippen molar-refractivity contribution >= 4 is 0 Å². The molecule has 1 aromatic heterocycles. The third kappa shape index (κ3) is 1.77. The Hall–Kier alpha value is -0.960. The molecule has 0 amide bonds. The fourth-order valence-electron chi connectivity index (χ4n) is 3.20. The van der Waals surface area contributed by atoms with Gasteiger partial charge < -0.3 is 5.32 Å². The van der Waals surface area contributed by atoms with Gasteiger partial charge in [0.1, 0.15) is 5.82 Å². The van der Waals surface area contributed by atoms with Crippen LogP contribution in [0.3, 0.4) is 0 Å². The number of nitrogens with zero attached hydrogens (tertiary/aromatic N) is 1. The quantitative estimate of drug-likeness (QED) is 0.872. The number of hydrogen-bond donors (Lipinski definition) is 1. The summed E-state index contributed by atoms with van der Waals surface area (Å²) < 4.78 is 13.2. The van der Waals surface area contributed by atoms with Crippen LogP contribution in [0.25, 0.3) is 0 Å². The maximum atomic E-state index is 13.2. The van der Waals surface area contributed by atoms with Crippen LogP contribution >= 0.6 is 0 Å². The van der Waals surface area contributed by atoms with Crippen molar-refractivity contribution in [3.8, 4) is 0 Å². The number of rotatable bonds is 3. The summed E-state index contributed by atoms with van der Waals surface area (Å²) in [5.41, 5.74) is 1.48. The van der Waals surface area contributed by atoms with Crippen molar-refractivity contribution in [3.05, 3.63) is 29.8 Å². The molecule has 1 aliphatic rings. The van der Waals surface area contributed by atoms with E-state index >= 15 is 0 Å². The molecule has 1 unspecified atom stereocenters. The minimum Gasteiger partial charge on any atom is -0.313 e. The first kappa shape index (κ1) is 12.5. The number of halogens is 1. The Kier molecular flexibility index (Phi) is 2.77. The molecule has 0 bridgehead atoms. The van der Waals surface area contributed by atoms with Crippen LogP contribution in [-0.4, -0.2) is 12.0 Å². The first-order chi connectivity index (χ1) is 7.82. The van der Waals surface area contributed by atoms with Gasteiger partial charge in [0.25, 0.3) is 0 Å². The molecule has 17 heavy (non-hydrogen) atoms. The zero-order valence-corrected chi connectivity index (χ0v) is 11.2. The standard InChI is InChI=1S/C14H21FN2/c1-13(2)12(14(13,3)4)11(16-5)9-6-10(15)8-17-7-9/h6-8,11-12,16H,1-5H3. The zero-order valence-electron chi connectivity index (χ0n) is 11.2. The van der Waals surface area contributed by atoms with Crippen LogP contribution in [0.15, 0.2) is 18.5 Å². The van der Waals surface area contributed by atoms with E-state index in [1.807, 2.05) is 7.05 Å². The van der Waals surface area contributed by atoms with Crippen molar-refractivity contribution in [2.24, 2.45) is 16.7 Å². The Labute approximate surface area is 103 Å². The molecule has 3 heteroatoms. The summed E-state index contributed by atoms with van der Waals surface area (Å²) in [6.07, 6.45) is 3.01. The van der Waals surface area contributed by atoms with Gasteiger partial charge in [-0.3, -0.25) is 4.98 Å². The smallest absolute Gasteiger partial charge is 0.141 e. The van der Waals surface area contributed by atoms with Crippen molar-refractivity contribution in [1.82, 2.24) is 10.3 Å². The van der Waals surface area contributed by atoms with E-state index in [0.717, 1.165) is 5.56 Å². The van der Waals surface area contributed by atoms with Gasteiger partial charge in [0, 0.05) is 12.2 Å². The zero-order chi connectivity index (χ0) is 12.8. The third-order valence-electron chi connectivity index (χ3n) is 4.86. The van der Waals surface area contributed by atoms with Gasteiger partial charge in [-0.05, 0) is 35.4 Å². The Morgan fingerprint density at radius 1 is 1.24 bits per heavy atom. The summed E-state index contributed by atoms with van der Waals surface area (Å²) in [6.45, 7) is 9.09. The lowest BCUT2D eigenvalue weighted by molar-refractivity contribution is 0.434. The van der Waals surface area contributed by atoms with E-state index in [1.165, 1.54) is 6.20 Å². The fourth-order valence-corrected chi connectivity index (χ4v) is 3.20. The fraction of sp³-hybridized carbons (Fsp3) is 0.643. The summed E-state index contributed by atoms with van der Waals surface area (Å²) in [7, 11) is 1.93. The summed E-state index contributed by atoms with van der Waals surface area (Å²) in [4.78, 5) is 3.94. The lowest BCUT2D eigenvalue weighted by Gasteiger charge is -2.18. The minimum atomic E-state index is -0.265. The summed E-state index contributed by atoms with van der Waals surface area (Å²) in [5, 5.41) is 3.31. The van der Waals surface area contributed by atoms with Gasteiger partial charge >= 0.3 is 0 Å². The molecule has 1 saturated carbocycles. The van der Waals surface area contributed by atoms with Gasteiger partial charge in [0.15, 0.2) is 0 Å². The second kappa shape index (κ2) is 3.77. The van der Waals surface area contributed by atoms with Crippen LogP contribution in [0, 0.1) is 22.6 Å². The van der Waals surface area contributed by atoms with Gasteiger partial charge in [-0.15, -0.1) is 0 Å². The monoisotopic (exact) mass is 236 g/mol. The minimum absolute atomic E-state index is 0.170. The highest BCUT2D eigenvalue weighted by atomic mass is 19.1. The topological polar surface area (TPSA) is 24.9 Å². The second-order valence-electron chi connectivity index (χ2n) is 6.12. The maximum absolute atomic E-state index is 13.2. The Bertz CT molecular complexity index is 412. The molecule has 94 valence electrons. The lowest BCUT2D eigenvalue weighted by atomic mass is 9.98. The van der Waals surface area contributed by atoms with E-state index in [2.05, 4.69) is 38.0 Å². The Morgan fingerprint density at radius 2 is 1.82 bits per heavy atom. The van der Waals surface area contributed by atoms with Crippen molar-refractivity contribution in [3.63, 3.8) is 0 Å². The predicted molar refractivity (Wildman–Crippen MR) is 67.0 cm³/mol. The van der Waals surface area contributed by atoms with E-state index < -0.39 is 0 Å². The lowest BCUT2D eigenvalue weighted by Crippen LogP contribution is -2.21. The summed E-state index contributed by atoms with van der Waals surface area (Å²) in [6, 6.07) is 1.75. The molecule has 1 N–H and O–H groups in total. The van der Waals surface area contributed by atoms with Crippen LogP contribution < -0.4 is 5.32 Å². The van der Waals surface area contributed by atoms with Crippen molar-refractivity contribution in [2.45, 2.75) is 33.7 Å². The number of pyridine rings is 1. The van der Waals surface area contributed by atoms with Crippen LogP contribution in [0.4, 0.5) is 4.39 Å². The average Bonchev–Trinajstić information content (AvgIpc) is 2.62. The molecule has 1 fully saturated rings. The predicted octanol–water partition coefficient (Wildman–Crippen LogP) is 3.16. The van der Waals surface area contributed by atoms with Crippen molar-refractivity contribution in [2.75, 3.05) is 7.05 Å². The number of hydrogen-bond acceptors (Lipinski definition) is 2. The average molecular weight is 236 g/mol. The molecule has 1 heterocycles. The van der Waals surface area contributed by atoms with Crippen molar-refractivity contribution < 1.29 is 4.39 Å². The highest BCUT2D eigenvalue weighted by Crippen LogP contribution is 2.72. The summed E-state index contributed by atoms with van der Waals surface area (Å²) in [5.74, 6) is 0.239. The van der Waals surface area contributed by atoms with Gasteiger partial charge in [0.05, 0.1) is 6.20 Å².